The lowest BCUT2D eigenvalue weighted by atomic mass is 9.90. The Morgan fingerprint density at radius 3 is 2.28 bits per heavy atom. The maximum absolute atomic E-state index is 13.3. The summed E-state index contributed by atoms with van der Waals surface area (Å²) in [7, 11) is 1.31. The van der Waals surface area contributed by atoms with Gasteiger partial charge >= 0.3 is 12.1 Å². The number of nitrogens with zero attached hydrogens (tertiary/aromatic N) is 2. The minimum atomic E-state index is -0.868. The fourth-order valence-electron chi connectivity index (χ4n) is 4.23. The fraction of sp³-hybridized carbons (Fsp3) is 0.292. The number of carbonyl (C=O) groups excluding carboxylic acids is 3. The number of hydrogen-bond acceptors (Lipinski definition) is 6. The van der Waals surface area contributed by atoms with Gasteiger partial charge in [0, 0.05) is 6.20 Å². The van der Waals surface area contributed by atoms with Crippen LogP contribution in [0.2, 0.25) is 0 Å². The van der Waals surface area contributed by atoms with Crippen LogP contribution >= 0.6 is 0 Å². The molecule has 4 rings (SSSR count). The van der Waals surface area contributed by atoms with Crippen LogP contribution in [0.25, 0.3) is 0 Å². The molecule has 166 valence electrons. The number of amides is 2. The van der Waals surface area contributed by atoms with E-state index < -0.39 is 29.7 Å². The van der Waals surface area contributed by atoms with Crippen LogP contribution in [0.15, 0.2) is 72.4 Å². The molecule has 2 heterocycles. The van der Waals surface area contributed by atoms with Crippen molar-refractivity contribution < 1.29 is 23.9 Å². The van der Waals surface area contributed by atoms with Gasteiger partial charge in [-0.2, -0.15) is 5.01 Å². The Labute approximate surface area is 186 Å². The molecule has 1 N–H and O–H groups in total. The maximum atomic E-state index is 13.3. The van der Waals surface area contributed by atoms with Gasteiger partial charge in [-0.1, -0.05) is 60.7 Å². The molecular weight excluding hydrogens is 410 g/mol. The van der Waals surface area contributed by atoms with E-state index in [-0.39, 0.29) is 12.5 Å². The van der Waals surface area contributed by atoms with Gasteiger partial charge in [0.1, 0.15) is 12.6 Å². The first-order valence-corrected chi connectivity index (χ1v) is 10.3. The molecule has 1 fully saturated rings. The van der Waals surface area contributed by atoms with Crippen molar-refractivity contribution >= 4 is 18.0 Å². The summed E-state index contributed by atoms with van der Waals surface area (Å²) in [5, 5.41) is 5.91. The summed E-state index contributed by atoms with van der Waals surface area (Å²) < 4.78 is 10.3. The first-order chi connectivity index (χ1) is 15.3. The lowest BCUT2D eigenvalue weighted by molar-refractivity contribution is -0.138. The third-order valence-electron chi connectivity index (χ3n) is 5.81. The SMILES string of the molecule is COC(=O)C1=CN2C(=O)[C@@H](NC(=O)OCc3ccccc3)C(C)(C)N2[C@@H]1c1ccccc1. The van der Waals surface area contributed by atoms with E-state index in [2.05, 4.69) is 5.32 Å². The van der Waals surface area contributed by atoms with E-state index in [4.69, 9.17) is 9.47 Å². The Kier molecular flexibility index (Phi) is 5.71. The summed E-state index contributed by atoms with van der Waals surface area (Å²) in [6, 6.07) is 17.3. The highest BCUT2D eigenvalue weighted by Gasteiger charge is 2.59. The Bertz CT molecular complexity index is 1050. The Morgan fingerprint density at radius 2 is 1.66 bits per heavy atom. The number of hydrogen-bond donors (Lipinski definition) is 1. The first-order valence-electron chi connectivity index (χ1n) is 10.3. The predicted molar refractivity (Wildman–Crippen MR) is 116 cm³/mol. The predicted octanol–water partition coefficient (Wildman–Crippen LogP) is 2.93. The van der Waals surface area contributed by atoms with Crippen LogP contribution in [-0.2, 0) is 25.7 Å². The average Bonchev–Trinajstić information content (AvgIpc) is 3.30. The summed E-state index contributed by atoms with van der Waals surface area (Å²) >= 11 is 0. The van der Waals surface area contributed by atoms with Gasteiger partial charge < -0.3 is 14.8 Å². The molecule has 0 saturated carbocycles. The monoisotopic (exact) mass is 435 g/mol. The molecule has 0 aromatic heterocycles. The highest BCUT2D eigenvalue weighted by molar-refractivity contribution is 5.95. The Hall–Kier alpha value is -3.65. The second-order valence-electron chi connectivity index (χ2n) is 8.21. The molecule has 8 nitrogen and oxygen atoms in total. The Morgan fingerprint density at radius 1 is 1.03 bits per heavy atom. The zero-order chi connectivity index (χ0) is 22.9. The molecule has 0 radical (unpaired) electrons. The minimum Gasteiger partial charge on any atom is -0.466 e. The zero-order valence-electron chi connectivity index (χ0n) is 18.1. The second-order valence-corrected chi connectivity index (χ2v) is 8.21. The number of benzene rings is 2. The van der Waals surface area contributed by atoms with Gasteiger partial charge in [-0.25, -0.2) is 14.6 Å². The molecule has 2 atom stereocenters. The smallest absolute Gasteiger partial charge is 0.408 e. The number of rotatable bonds is 5. The van der Waals surface area contributed by atoms with E-state index >= 15 is 0 Å². The molecule has 1 saturated heterocycles. The summed E-state index contributed by atoms with van der Waals surface area (Å²) in [5.41, 5.74) is 1.18. The van der Waals surface area contributed by atoms with Crippen LogP contribution in [0.1, 0.15) is 31.0 Å². The topological polar surface area (TPSA) is 88.2 Å². The van der Waals surface area contributed by atoms with Crippen molar-refractivity contribution in [2.24, 2.45) is 0 Å². The highest BCUT2D eigenvalue weighted by atomic mass is 16.5. The van der Waals surface area contributed by atoms with Crippen molar-refractivity contribution in [1.29, 1.82) is 0 Å². The van der Waals surface area contributed by atoms with Crippen LogP contribution in [0.4, 0.5) is 4.79 Å². The van der Waals surface area contributed by atoms with E-state index in [1.807, 2.05) is 74.5 Å². The van der Waals surface area contributed by atoms with E-state index in [9.17, 15) is 14.4 Å². The standard InChI is InChI=1S/C24H25N3O5/c1-24(2)20(25-23(30)32-15-16-10-6-4-7-11-16)21(28)26-14-18(22(29)31-3)19(27(24)26)17-12-8-5-9-13-17/h4-14,19-20H,15H2,1-3H3,(H,25,30)/t19-,20-/m1/s1. The number of alkyl carbamates (subject to hydrolysis) is 1. The number of carbonyl (C=O) groups is 3. The van der Waals surface area contributed by atoms with Crippen LogP contribution in [0.3, 0.4) is 0 Å². The average molecular weight is 435 g/mol. The van der Waals surface area contributed by atoms with Crippen molar-refractivity contribution in [3.05, 3.63) is 83.6 Å². The van der Waals surface area contributed by atoms with E-state index in [1.165, 1.54) is 18.3 Å². The van der Waals surface area contributed by atoms with E-state index in [0.717, 1.165) is 11.1 Å². The van der Waals surface area contributed by atoms with Crippen molar-refractivity contribution in [1.82, 2.24) is 15.3 Å². The van der Waals surface area contributed by atoms with Crippen molar-refractivity contribution in [2.45, 2.75) is 38.1 Å². The second kappa shape index (κ2) is 8.47. The Balaban J connectivity index is 1.58. The molecule has 0 aliphatic carbocycles. The van der Waals surface area contributed by atoms with Crippen LogP contribution in [0, 0.1) is 0 Å². The fourth-order valence-corrected chi connectivity index (χ4v) is 4.23. The van der Waals surface area contributed by atoms with Crippen molar-refractivity contribution in [3.8, 4) is 0 Å². The molecule has 2 aromatic carbocycles. The minimum absolute atomic E-state index is 0.0977. The molecule has 0 unspecified atom stereocenters. The molecule has 2 aromatic rings. The van der Waals surface area contributed by atoms with Gasteiger partial charge in [-0.05, 0) is 25.0 Å². The maximum Gasteiger partial charge on any atom is 0.408 e. The van der Waals surface area contributed by atoms with Crippen molar-refractivity contribution in [3.63, 3.8) is 0 Å². The lowest BCUT2D eigenvalue weighted by Crippen LogP contribution is -2.55. The highest BCUT2D eigenvalue weighted by Crippen LogP contribution is 2.46. The summed E-state index contributed by atoms with van der Waals surface area (Å²) in [6.07, 6.45) is 0.806. The molecule has 0 bridgehead atoms. The number of ether oxygens (including phenoxy) is 2. The van der Waals surface area contributed by atoms with Gasteiger partial charge in [-0.3, -0.25) is 4.79 Å². The van der Waals surface area contributed by atoms with Crippen LogP contribution < -0.4 is 5.32 Å². The normalized spacial score (nSPS) is 21.7. The van der Waals surface area contributed by atoms with Gasteiger partial charge in [0.05, 0.1) is 24.3 Å². The summed E-state index contributed by atoms with van der Waals surface area (Å²) in [4.78, 5) is 38.2. The largest absolute Gasteiger partial charge is 0.466 e. The van der Waals surface area contributed by atoms with E-state index in [0.29, 0.717) is 5.57 Å². The summed E-state index contributed by atoms with van der Waals surface area (Å²) in [6.45, 7) is 3.79. The van der Waals surface area contributed by atoms with Crippen molar-refractivity contribution in [2.75, 3.05) is 7.11 Å². The number of nitrogens with one attached hydrogen (secondary N) is 1. The zero-order valence-corrected chi connectivity index (χ0v) is 18.1. The number of hydrazine groups is 1. The quantitative estimate of drug-likeness (QED) is 0.727. The summed E-state index contributed by atoms with van der Waals surface area (Å²) in [5.74, 6) is -0.866. The number of fused-ring (bicyclic) bond motifs is 1. The molecular formula is C24H25N3O5. The first kappa shape index (κ1) is 21.6. The molecule has 2 aliphatic heterocycles. The van der Waals surface area contributed by atoms with Gasteiger partial charge in [0.15, 0.2) is 0 Å². The molecule has 2 amide bonds. The van der Waals surface area contributed by atoms with Crippen LogP contribution in [-0.4, -0.2) is 46.7 Å². The van der Waals surface area contributed by atoms with E-state index in [1.54, 1.807) is 5.01 Å². The number of esters is 1. The van der Waals surface area contributed by atoms with Gasteiger partial charge in [0.2, 0.25) is 0 Å². The lowest BCUT2D eigenvalue weighted by Gasteiger charge is -2.38. The molecule has 0 spiro atoms. The third kappa shape index (κ3) is 3.73. The molecule has 2 aliphatic rings. The molecule has 8 heteroatoms. The third-order valence-corrected chi connectivity index (χ3v) is 5.81. The number of methoxy groups -OCH3 is 1. The molecule has 32 heavy (non-hydrogen) atoms. The van der Waals surface area contributed by atoms with Gasteiger partial charge in [-0.15, -0.1) is 0 Å². The van der Waals surface area contributed by atoms with Crippen LogP contribution in [0.5, 0.6) is 0 Å². The van der Waals surface area contributed by atoms with Gasteiger partial charge in [0.25, 0.3) is 5.91 Å².